The molecule has 0 fully saturated rings. The third-order valence-corrected chi connectivity index (χ3v) is 4.77. The number of hydrogen-bond acceptors (Lipinski definition) is 2. The lowest BCUT2D eigenvalue weighted by molar-refractivity contribution is 0.122. The molecule has 25 heavy (non-hydrogen) atoms. The second-order valence-electron chi connectivity index (χ2n) is 7.42. The van der Waals surface area contributed by atoms with Crippen LogP contribution in [0.3, 0.4) is 0 Å². The number of aryl methyl sites for hydroxylation is 2. The number of rotatable bonds is 15. The van der Waals surface area contributed by atoms with E-state index in [0.717, 1.165) is 12.2 Å². The van der Waals surface area contributed by atoms with Gasteiger partial charge in [-0.05, 0) is 55.9 Å². The van der Waals surface area contributed by atoms with E-state index in [1.165, 1.54) is 81.8 Å². The first-order valence-electron chi connectivity index (χ1n) is 10.6. The number of unbranched alkanes of at least 4 members (excludes halogenated alkanes) is 8. The lowest BCUT2D eigenvalue weighted by atomic mass is 9.96. The van der Waals surface area contributed by atoms with E-state index in [4.69, 9.17) is 4.74 Å². The summed E-state index contributed by atoms with van der Waals surface area (Å²) >= 11 is 0. The number of ether oxygens (including phenoxy) is 1. The molecule has 1 aromatic rings. The van der Waals surface area contributed by atoms with Gasteiger partial charge in [-0.3, -0.25) is 0 Å². The van der Waals surface area contributed by atoms with E-state index in [-0.39, 0.29) is 0 Å². The van der Waals surface area contributed by atoms with E-state index < -0.39 is 6.10 Å². The van der Waals surface area contributed by atoms with Crippen molar-refractivity contribution in [1.29, 1.82) is 0 Å². The van der Waals surface area contributed by atoms with Crippen LogP contribution in [0.4, 0.5) is 0 Å². The first kappa shape index (κ1) is 22.0. The van der Waals surface area contributed by atoms with Crippen molar-refractivity contribution in [3.63, 3.8) is 0 Å². The minimum absolute atomic E-state index is 0.367. The van der Waals surface area contributed by atoms with Crippen LogP contribution in [0.15, 0.2) is 18.2 Å². The van der Waals surface area contributed by atoms with Gasteiger partial charge in [-0.25, -0.2) is 0 Å². The molecule has 0 radical (unpaired) electrons. The first-order valence-corrected chi connectivity index (χ1v) is 10.6. The number of aliphatic hydroxyl groups is 1. The summed E-state index contributed by atoms with van der Waals surface area (Å²) in [7, 11) is 0. The lowest BCUT2D eigenvalue weighted by Gasteiger charge is -2.14. The Labute approximate surface area is 156 Å². The predicted molar refractivity (Wildman–Crippen MR) is 109 cm³/mol. The van der Waals surface area contributed by atoms with Crippen molar-refractivity contribution in [1.82, 2.24) is 0 Å². The van der Waals surface area contributed by atoms with E-state index >= 15 is 0 Å². The van der Waals surface area contributed by atoms with Crippen LogP contribution in [0.1, 0.15) is 96.1 Å². The molecule has 0 aliphatic carbocycles. The minimum Gasteiger partial charge on any atom is -0.491 e. The molecular weight excluding hydrogens is 308 g/mol. The van der Waals surface area contributed by atoms with Gasteiger partial charge in [0, 0.05) is 0 Å². The molecule has 0 bridgehead atoms. The Morgan fingerprint density at radius 1 is 0.800 bits per heavy atom. The molecule has 2 heteroatoms. The fraction of sp³-hybridized carbons (Fsp3) is 0.739. The minimum atomic E-state index is -0.421. The Morgan fingerprint density at radius 2 is 1.36 bits per heavy atom. The van der Waals surface area contributed by atoms with Crippen molar-refractivity contribution in [3.8, 4) is 5.75 Å². The van der Waals surface area contributed by atoms with E-state index in [2.05, 4.69) is 32.0 Å². The molecule has 0 heterocycles. The van der Waals surface area contributed by atoms with Gasteiger partial charge in [-0.2, -0.15) is 0 Å². The van der Waals surface area contributed by atoms with Crippen molar-refractivity contribution in [2.75, 3.05) is 6.61 Å². The van der Waals surface area contributed by atoms with Crippen LogP contribution in [0.25, 0.3) is 0 Å². The van der Waals surface area contributed by atoms with Gasteiger partial charge >= 0.3 is 0 Å². The molecule has 0 aromatic heterocycles. The van der Waals surface area contributed by atoms with Crippen LogP contribution in [0, 0.1) is 0 Å². The van der Waals surface area contributed by atoms with Crippen LogP contribution in [0.5, 0.6) is 5.75 Å². The highest BCUT2D eigenvalue weighted by Gasteiger charge is 2.07. The van der Waals surface area contributed by atoms with Gasteiger partial charge in [0.25, 0.3) is 0 Å². The van der Waals surface area contributed by atoms with Crippen LogP contribution >= 0.6 is 0 Å². The molecule has 1 N–H and O–H groups in total. The van der Waals surface area contributed by atoms with E-state index in [9.17, 15) is 5.11 Å². The topological polar surface area (TPSA) is 29.5 Å². The molecule has 1 unspecified atom stereocenters. The second-order valence-corrected chi connectivity index (χ2v) is 7.42. The molecule has 0 aliphatic heterocycles. The van der Waals surface area contributed by atoms with Gasteiger partial charge in [-0.1, -0.05) is 71.3 Å². The normalized spacial score (nSPS) is 12.3. The van der Waals surface area contributed by atoms with Crippen LogP contribution in [-0.2, 0) is 12.8 Å². The smallest absolute Gasteiger partial charge is 0.119 e. The van der Waals surface area contributed by atoms with Gasteiger partial charge in [0.15, 0.2) is 0 Å². The summed E-state index contributed by atoms with van der Waals surface area (Å²) in [4.78, 5) is 0. The van der Waals surface area contributed by atoms with E-state index in [1.54, 1.807) is 6.92 Å². The van der Waals surface area contributed by atoms with E-state index in [0.29, 0.717) is 6.61 Å². The standard InChI is InChI=1S/C23H40O2/c1-4-6-8-10-12-14-21-16-17-23(25-19-20(3)24)18-22(21)15-13-11-9-7-5-2/h16-18,20,24H,4-15,19H2,1-3H3. The summed E-state index contributed by atoms with van der Waals surface area (Å²) in [6.45, 7) is 6.66. The zero-order valence-electron chi connectivity index (χ0n) is 16.9. The van der Waals surface area contributed by atoms with Crippen molar-refractivity contribution in [2.45, 2.75) is 104 Å². The van der Waals surface area contributed by atoms with Gasteiger partial charge < -0.3 is 9.84 Å². The van der Waals surface area contributed by atoms with Crippen LogP contribution < -0.4 is 4.74 Å². The lowest BCUT2D eigenvalue weighted by Crippen LogP contribution is -2.13. The van der Waals surface area contributed by atoms with Crippen molar-refractivity contribution in [3.05, 3.63) is 29.3 Å². The molecule has 0 saturated heterocycles. The highest BCUT2D eigenvalue weighted by atomic mass is 16.5. The molecule has 144 valence electrons. The van der Waals surface area contributed by atoms with E-state index in [1.807, 2.05) is 0 Å². The SMILES string of the molecule is CCCCCCCc1ccc(OCC(C)O)cc1CCCCCCC. The summed E-state index contributed by atoms with van der Waals surface area (Å²) in [5.74, 6) is 0.902. The Morgan fingerprint density at radius 3 is 1.92 bits per heavy atom. The van der Waals surface area contributed by atoms with Crippen molar-refractivity contribution in [2.24, 2.45) is 0 Å². The Kier molecular flexibility index (Phi) is 12.5. The number of hydrogen-bond donors (Lipinski definition) is 1. The maximum absolute atomic E-state index is 9.42. The zero-order chi connectivity index (χ0) is 18.3. The molecule has 0 spiro atoms. The molecule has 0 aliphatic rings. The third-order valence-electron chi connectivity index (χ3n) is 4.77. The Bertz CT molecular complexity index is 440. The zero-order valence-corrected chi connectivity index (χ0v) is 16.9. The second kappa shape index (κ2) is 14.2. The molecule has 2 nitrogen and oxygen atoms in total. The highest BCUT2D eigenvalue weighted by Crippen LogP contribution is 2.23. The molecule has 1 rings (SSSR count). The predicted octanol–water partition coefficient (Wildman–Crippen LogP) is 6.47. The van der Waals surface area contributed by atoms with Gasteiger partial charge in [0.1, 0.15) is 12.4 Å². The maximum Gasteiger partial charge on any atom is 0.119 e. The van der Waals surface area contributed by atoms with Gasteiger partial charge in [0.05, 0.1) is 6.10 Å². The molecule has 0 amide bonds. The summed E-state index contributed by atoms with van der Waals surface area (Å²) in [5, 5.41) is 9.42. The summed E-state index contributed by atoms with van der Waals surface area (Å²) in [6.07, 6.45) is 15.1. The largest absolute Gasteiger partial charge is 0.491 e. The fourth-order valence-electron chi connectivity index (χ4n) is 3.22. The highest BCUT2D eigenvalue weighted by molar-refractivity contribution is 5.36. The third kappa shape index (κ3) is 10.5. The van der Waals surface area contributed by atoms with Crippen LogP contribution in [0.2, 0.25) is 0 Å². The Balaban J connectivity index is 2.58. The fourth-order valence-corrected chi connectivity index (χ4v) is 3.22. The summed E-state index contributed by atoms with van der Waals surface area (Å²) < 4.78 is 5.72. The molecular formula is C23H40O2. The summed E-state index contributed by atoms with van der Waals surface area (Å²) in [5.41, 5.74) is 2.95. The van der Waals surface area contributed by atoms with Gasteiger partial charge in [0.2, 0.25) is 0 Å². The number of benzene rings is 1. The molecule has 1 atom stereocenters. The monoisotopic (exact) mass is 348 g/mol. The molecule has 1 aromatic carbocycles. The summed E-state index contributed by atoms with van der Waals surface area (Å²) in [6, 6.07) is 6.53. The van der Waals surface area contributed by atoms with Crippen molar-refractivity contribution < 1.29 is 9.84 Å². The first-order chi connectivity index (χ1) is 12.2. The molecule has 0 saturated carbocycles. The Hall–Kier alpha value is -1.02. The van der Waals surface area contributed by atoms with Gasteiger partial charge in [-0.15, -0.1) is 0 Å². The van der Waals surface area contributed by atoms with Crippen molar-refractivity contribution >= 4 is 0 Å². The van der Waals surface area contributed by atoms with Crippen LogP contribution in [-0.4, -0.2) is 17.8 Å². The number of aliphatic hydroxyl groups excluding tert-OH is 1. The average Bonchev–Trinajstić information content (AvgIpc) is 2.60. The maximum atomic E-state index is 9.42. The quantitative estimate of drug-likeness (QED) is 0.368. The average molecular weight is 349 g/mol.